The third-order valence-corrected chi connectivity index (χ3v) is 2.86. The summed E-state index contributed by atoms with van der Waals surface area (Å²) in [5.41, 5.74) is 0. The van der Waals surface area contributed by atoms with Crippen LogP contribution >= 0.6 is 0 Å². The van der Waals surface area contributed by atoms with E-state index in [9.17, 15) is 0 Å². The van der Waals surface area contributed by atoms with Gasteiger partial charge in [0.25, 0.3) is 0 Å². The van der Waals surface area contributed by atoms with Crippen LogP contribution in [0.25, 0.3) is 0 Å². The number of rotatable bonds is 5. The second kappa shape index (κ2) is 6.47. The van der Waals surface area contributed by atoms with E-state index in [4.69, 9.17) is 0 Å². The molecule has 0 radical (unpaired) electrons. The summed E-state index contributed by atoms with van der Waals surface area (Å²) in [6.45, 7) is 4.82. The number of piperidine rings is 1. The standard InChI is InChI=1S/C11H23N/c1-2-3-4-5-7-11-8-6-9-12-10-11/h11-12H,2-10H2,1H3/t11-/m1/s1. The molecule has 1 heteroatoms. The third-order valence-electron chi connectivity index (χ3n) is 2.86. The van der Waals surface area contributed by atoms with Crippen LogP contribution < -0.4 is 5.32 Å². The molecule has 1 nitrogen and oxygen atoms in total. The number of unbranched alkanes of at least 4 members (excludes halogenated alkanes) is 3. The molecule has 1 aliphatic rings. The summed E-state index contributed by atoms with van der Waals surface area (Å²) in [6, 6.07) is 0. The largest absolute Gasteiger partial charge is 0.316 e. The molecule has 1 rings (SSSR count). The Bertz CT molecular complexity index is 95.2. The van der Waals surface area contributed by atoms with Crippen LogP contribution in [0.5, 0.6) is 0 Å². The quantitative estimate of drug-likeness (QED) is 0.624. The monoisotopic (exact) mass is 169 g/mol. The van der Waals surface area contributed by atoms with E-state index >= 15 is 0 Å². The van der Waals surface area contributed by atoms with E-state index in [1.54, 1.807) is 0 Å². The summed E-state index contributed by atoms with van der Waals surface area (Å²) in [4.78, 5) is 0. The van der Waals surface area contributed by atoms with E-state index < -0.39 is 0 Å². The molecule has 0 aromatic heterocycles. The Kier molecular flexibility index (Phi) is 5.42. The Morgan fingerprint density at radius 1 is 1.25 bits per heavy atom. The van der Waals surface area contributed by atoms with Gasteiger partial charge in [0.05, 0.1) is 0 Å². The molecular weight excluding hydrogens is 146 g/mol. The first-order chi connectivity index (χ1) is 5.93. The van der Waals surface area contributed by atoms with Gasteiger partial charge in [-0.05, 0) is 38.3 Å². The van der Waals surface area contributed by atoms with Crippen molar-refractivity contribution in [3.63, 3.8) is 0 Å². The van der Waals surface area contributed by atoms with Crippen LogP contribution in [0.1, 0.15) is 51.9 Å². The molecule has 1 N–H and O–H groups in total. The van der Waals surface area contributed by atoms with Crippen molar-refractivity contribution in [3.05, 3.63) is 0 Å². The lowest BCUT2D eigenvalue weighted by atomic mass is 9.93. The van der Waals surface area contributed by atoms with E-state index in [1.165, 1.54) is 58.0 Å². The van der Waals surface area contributed by atoms with Gasteiger partial charge in [0.1, 0.15) is 0 Å². The molecule has 1 heterocycles. The average molecular weight is 169 g/mol. The zero-order chi connectivity index (χ0) is 8.65. The lowest BCUT2D eigenvalue weighted by Crippen LogP contribution is -2.29. The molecule has 0 saturated carbocycles. The molecule has 0 aromatic rings. The van der Waals surface area contributed by atoms with Crippen molar-refractivity contribution in [2.45, 2.75) is 51.9 Å². The van der Waals surface area contributed by atoms with Crippen LogP contribution in [0, 0.1) is 5.92 Å². The number of nitrogens with one attached hydrogen (secondary N) is 1. The summed E-state index contributed by atoms with van der Waals surface area (Å²) in [6.07, 6.45) is 10.0. The molecule has 0 spiro atoms. The highest BCUT2D eigenvalue weighted by atomic mass is 14.9. The van der Waals surface area contributed by atoms with Crippen molar-refractivity contribution < 1.29 is 0 Å². The lowest BCUT2D eigenvalue weighted by Gasteiger charge is -2.22. The molecular formula is C11H23N. The van der Waals surface area contributed by atoms with Crippen LogP contribution in [0.4, 0.5) is 0 Å². The van der Waals surface area contributed by atoms with E-state index in [0.717, 1.165) is 5.92 Å². The highest BCUT2D eigenvalue weighted by Gasteiger charge is 2.11. The van der Waals surface area contributed by atoms with Gasteiger partial charge in [-0.15, -0.1) is 0 Å². The highest BCUT2D eigenvalue weighted by Crippen LogP contribution is 2.17. The molecule has 1 fully saturated rings. The maximum absolute atomic E-state index is 3.48. The first-order valence-corrected chi connectivity index (χ1v) is 5.64. The molecule has 1 aliphatic heterocycles. The fourth-order valence-electron chi connectivity index (χ4n) is 2.03. The van der Waals surface area contributed by atoms with Gasteiger partial charge in [-0.3, -0.25) is 0 Å². The van der Waals surface area contributed by atoms with Crippen LogP contribution in [0.15, 0.2) is 0 Å². The summed E-state index contributed by atoms with van der Waals surface area (Å²) in [5, 5.41) is 3.48. The average Bonchev–Trinajstić information content (AvgIpc) is 2.14. The topological polar surface area (TPSA) is 12.0 Å². The summed E-state index contributed by atoms with van der Waals surface area (Å²) in [5.74, 6) is 0.996. The maximum Gasteiger partial charge on any atom is -0.00205 e. The normalized spacial score (nSPS) is 24.2. The molecule has 0 amide bonds. The highest BCUT2D eigenvalue weighted by molar-refractivity contribution is 4.68. The zero-order valence-corrected chi connectivity index (χ0v) is 8.44. The van der Waals surface area contributed by atoms with Crippen LogP contribution in [-0.4, -0.2) is 13.1 Å². The van der Waals surface area contributed by atoms with Gasteiger partial charge < -0.3 is 5.32 Å². The van der Waals surface area contributed by atoms with Gasteiger partial charge in [0, 0.05) is 0 Å². The predicted octanol–water partition coefficient (Wildman–Crippen LogP) is 2.96. The van der Waals surface area contributed by atoms with E-state index in [-0.39, 0.29) is 0 Å². The van der Waals surface area contributed by atoms with Gasteiger partial charge in [0.15, 0.2) is 0 Å². The Morgan fingerprint density at radius 2 is 2.17 bits per heavy atom. The van der Waals surface area contributed by atoms with E-state index in [2.05, 4.69) is 12.2 Å². The lowest BCUT2D eigenvalue weighted by molar-refractivity contribution is 0.346. The zero-order valence-electron chi connectivity index (χ0n) is 8.44. The molecule has 0 aliphatic carbocycles. The van der Waals surface area contributed by atoms with Gasteiger partial charge in [-0.25, -0.2) is 0 Å². The van der Waals surface area contributed by atoms with Crippen molar-refractivity contribution in [1.29, 1.82) is 0 Å². The first-order valence-electron chi connectivity index (χ1n) is 5.64. The minimum Gasteiger partial charge on any atom is -0.316 e. The molecule has 12 heavy (non-hydrogen) atoms. The molecule has 0 unspecified atom stereocenters. The molecule has 72 valence electrons. The van der Waals surface area contributed by atoms with Crippen molar-refractivity contribution >= 4 is 0 Å². The Hall–Kier alpha value is -0.0400. The Balaban J connectivity index is 1.91. The summed E-state index contributed by atoms with van der Waals surface area (Å²) < 4.78 is 0. The SMILES string of the molecule is CCCCCC[C@@H]1CCCNC1. The van der Waals surface area contributed by atoms with Gasteiger partial charge in [-0.1, -0.05) is 32.6 Å². The Morgan fingerprint density at radius 3 is 2.83 bits per heavy atom. The third kappa shape index (κ3) is 4.10. The van der Waals surface area contributed by atoms with Crippen LogP contribution in [0.2, 0.25) is 0 Å². The maximum atomic E-state index is 3.48. The van der Waals surface area contributed by atoms with Gasteiger partial charge in [-0.2, -0.15) is 0 Å². The number of hydrogen-bond acceptors (Lipinski definition) is 1. The second-order valence-electron chi connectivity index (χ2n) is 4.06. The second-order valence-corrected chi connectivity index (χ2v) is 4.06. The molecule has 0 bridgehead atoms. The van der Waals surface area contributed by atoms with Crippen LogP contribution in [0.3, 0.4) is 0 Å². The predicted molar refractivity (Wildman–Crippen MR) is 54.4 cm³/mol. The Labute approximate surface area is 76.9 Å². The summed E-state index contributed by atoms with van der Waals surface area (Å²) >= 11 is 0. The molecule has 1 saturated heterocycles. The fraction of sp³-hybridized carbons (Fsp3) is 1.00. The number of hydrogen-bond donors (Lipinski definition) is 1. The van der Waals surface area contributed by atoms with Gasteiger partial charge in [0.2, 0.25) is 0 Å². The van der Waals surface area contributed by atoms with Gasteiger partial charge >= 0.3 is 0 Å². The van der Waals surface area contributed by atoms with E-state index in [0.29, 0.717) is 0 Å². The van der Waals surface area contributed by atoms with Crippen LogP contribution in [-0.2, 0) is 0 Å². The van der Waals surface area contributed by atoms with Crippen molar-refractivity contribution in [3.8, 4) is 0 Å². The van der Waals surface area contributed by atoms with Crippen molar-refractivity contribution in [2.75, 3.05) is 13.1 Å². The molecule has 0 aromatic carbocycles. The summed E-state index contributed by atoms with van der Waals surface area (Å²) in [7, 11) is 0. The van der Waals surface area contributed by atoms with Crippen molar-refractivity contribution in [1.82, 2.24) is 5.32 Å². The molecule has 1 atom stereocenters. The van der Waals surface area contributed by atoms with E-state index in [1.807, 2.05) is 0 Å². The van der Waals surface area contributed by atoms with Crippen molar-refractivity contribution in [2.24, 2.45) is 5.92 Å². The fourth-order valence-corrected chi connectivity index (χ4v) is 2.03. The minimum absolute atomic E-state index is 0.996. The minimum atomic E-state index is 0.996. The first kappa shape index (κ1) is 10.0. The smallest absolute Gasteiger partial charge is 0.00205 e.